The quantitative estimate of drug-likeness (QED) is 0.551. The van der Waals surface area contributed by atoms with Crippen LogP contribution in [0.2, 0.25) is 5.02 Å². The third-order valence-electron chi connectivity index (χ3n) is 1.43. The molecule has 0 aliphatic rings. The zero-order valence-electron chi connectivity index (χ0n) is 8.75. The summed E-state index contributed by atoms with van der Waals surface area (Å²) in [6.07, 6.45) is 1.23. The molecule has 0 amide bonds. The molecule has 0 spiro atoms. The average molecular weight is 297 g/mol. The normalized spacial score (nSPS) is 15.7. The highest BCUT2D eigenvalue weighted by atomic mass is 127. The Morgan fingerprint density at radius 1 is 1.75 bits per heavy atom. The van der Waals surface area contributed by atoms with Crippen LogP contribution in [0.4, 0.5) is 0 Å². The number of imidazole rings is 1. The van der Waals surface area contributed by atoms with Gasteiger partial charge in [-0.25, -0.2) is 9.97 Å². The van der Waals surface area contributed by atoms with Gasteiger partial charge in [0.15, 0.2) is 5.65 Å². The molecule has 2 aromatic heterocycles. The molecule has 2 aromatic rings. The minimum absolute atomic E-state index is 0.284. The van der Waals surface area contributed by atoms with E-state index in [2.05, 4.69) is 9.97 Å². The maximum absolute atomic E-state index is 7.28. The molecule has 2 rings (SSSR count). The number of aromatic nitrogens is 3. The second kappa shape index (κ2) is 2.85. The summed E-state index contributed by atoms with van der Waals surface area (Å²) in [7, 11) is 0. The van der Waals surface area contributed by atoms with Crippen LogP contribution in [-0.4, -0.2) is 14.5 Å². The van der Waals surface area contributed by atoms with Gasteiger partial charge in [0.25, 0.3) is 0 Å². The van der Waals surface area contributed by atoms with Gasteiger partial charge in [-0.2, -0.15) is 0 Å². The number of hydrogen-bond donors (Lipinski definition) is 0. The molecule has 12 heavy (non-hydrogen) atoms. The number of halogens is 2. The number of pyridine rings is 1. The van der Waals surface area contributed by atoms with Crippen LogP contribution in [0.15, 0.2) is 12.4 Å². The molecule has 0 atom stereocenters. The molecule has 0 unspecified atom stereocenters. The van der Waals surface area contributed by atoms with Crippen LogP contribution < -0.4 is 0 Å². The van der Waals surface area contributed by atoms with Gasteiger partial charge in [0.2, 0.25) is 0 Å². The fourth-order valence-corrected chi connectivity index (χ4v) is 1.88. The molecule has 0 saturated heterocycles. The Labute approximate surface area is 92.1 Å². The average Bonchev–Trinajstić information content (AvgIpc) is 2.45. The first-order valence-electron chi connectivity index (χ1n) is 4.59. The highest BCUT2D eigenvalue weighted by Crippen LogP contribution is 2.21. The first kappa shape index (κ1) is 5.39. The van der Waals surface area contributed by atoms with Gasteiger partial charge in [0, 0.05) is 11.1 Å². The zero-order valence-corrected chi connectivity index (χ0v) is 8.67. The fourth-order valence-electron chi connectivity index (χ4n) is 0.924. The van der Waals surface area contributed by atoms with Crippen LogP contribution in [0, 0.1) is 3.70 Å². The number of aryl methyl sites for hydroxylation is 1. The maximum Gasteiger partial charge on any atom is 0.162 e. The second-order valence-electron chi connectivity index (χ2n) is 2.21. The molecule has 3 nitrogen and oxygen atoms in total. The topological polar surface area (TPSA) is 30.7 Å². The Kier molecular flexibility index (Phi) is 1.28. The highest BCUT2D eigenvalue weighted by Gasteiger charge is 2.06. The molecule has 0 radical (unpaired) electrons. The molecule has 0 aromatic carbocycles. The Hall–Kier alpha value is -0.360. The largest absolute Gasteiger partial charge is 0.318 e. The van der Waals surface area contributed by atoms with Gasteiger partial charge in [-0.15, -0.1) is 0 Å². The minimum atomic E-state index is -2.28. The van der Waals surface area contributed by atoms with Crippen molar-refractivity contribution in [2.45, 2.75) is 0 Å². The Morgan fingerprint density at radius 3 is 3.33 bits per heavy atom. The molecular formula is C7H5ClIN3. The smallest absolute Gasteiger partial charge is 0.162 e. The first-order chi connectivity index (χ1) is 6.89. The van der Waals surface area contributed by atoms with Crippen molar-refractivity contribution in [1.82, 2.24) is 14.5 Å². The Morgan fingerprint density at radius 2 is 2.58 bits per heavy atom. The van der Waals surface area contributed by atoms with Crippen molar-refractivity contribution in [3.63, 3.8) is 0 Å². The fraction of sp³-hybridized carbons (Fsp3) is 0.143. The number of nitrogens with zero attached hydrogens (tertiary/aromatic N) is 3. The lowest BCUT2D eigenvalue weighted by atomic mass is 10.4. The molecule has 0 aliphatic heterocycles. The van der Waals surface area contributed by atoms with Crippen molar-refractivity contribution < 1.29 is 4.11 Å². The predicted octanol–water partition coefficient (Wildman–Crippen LogP) is 2.23. The Balaban J connectivity index is 2.80. The summed E-state index contributed by atoms with van der Waals surface area (Å²) in [5.74, 6) is 0. The van der Waals surface area contributed by atoms with Crippen molar-refractivity contribution in [2.24, 2.45) is 6.98 Å². The first-order valence-corrected chi connectivity index (χ1v) is 4.55. The lowest BCUT2D eigenvalue weighted by molar-refractivity contribution is 0.928. The van der Waals surface area contributed by atoms with Gasteiger partial charge in [-0.3, -0.25) is 0 Å². The van der Waals surface area contributed by atoms with Crippen LogP contribution in [0.25, 0.3) is 11.2 Å². The van der Waals surface area contributed by atoms with Gasteiger partial charge >= 0.3 is 0 Å². The highest BCUT2D eigenvalue weighted by molar-refractivity contribution is 14.1. The molecular weight excluding hydrogens is 288 g/mol. The van der Waals surface area contributed by atoms with Crippen LogP contribution >= 0.6 is 34.2 Å². The van der Waals surface area contributed by atoms with Crippen molar-refractivity contribution in [3.8, 4) is 0 Å². The third-order valence-corrected chi connectivity index (χ3v) is 2.27. The van der Waals surface area contributed by atoms with E-state index in [1.165, 1.54) is 6.33 Å². The molecule has 0 saturated carbocycles. The van der Waals surface area contributed by atoms with E-state index in [1.54, 1.807) is 6.07 Å². The lowest BCUT2D eigenvalue weighted by Gasteiger charge is -1.95. The van der Waals surface area contributed by atoms with Crippen molar-refractivity contribution in [1.29, 1.82) is 0 Å². The van der Waals surface area contributed by atoms with Crippen LogP contribution in [0.3, 0.4) is 0 Å². The van der Waals surface area contributed by atoms with Gasteiger partial charge in [0.1, 0.15) is 9.22 Å². The molecule has 0 N–H and O–H groups in total. The third kappa shape index (κ3) is 1.19. The lowest BCUT2D eigenvalue weighted by Crippen LogP contribution is -1.89. The summed E-state index contributed by atoms with van der Waals surface area (Å²) in [4.78, 5) is 8.04. The van der Waals surface area contributed by atoms with Crippen molar-refractivity contribution >= 4 is 45.4 Å². The van der Waals surface area contributed by atoms with Crippen molar-refractivity contribution in [3.05, 3.63) is 21.1 Å². The predicted molar refractivity (Wildman–Crippen MR) is 56.2 cm³/mol. The number of hydrogen-bond acceptors (Lipinski definition) is 2. The van der Waals surface area contributed by atoms with Crippen LogP contribution in [0.1, 0.15) is 4.11 Å². The summed E-state index contributed by atoms with van der Waals surface area (Å²) < 4.78 is 23.5. The summed E-state index contributed by atoms with van der Waals surface area (Å²) in [6.45, 7) is -2.28. The van der Waals surface area contributed by atoms with E-state index in [4.69, 9.17) is 15.7 Å². The minimum Gasteiger partial charge on any atom is -0.318 e. The van der Waals surface area contributed by atoms with Crippen LogP contribution in [0.5, 0.6) is 0 Å². The maximum atomic E-state index is 7.28. The SMILES string of the molecule is [2H]C([2H])([2H])n1cnc2c(Cl)cc(I)nc21. The van der Waals surface area contributed by atoms with E-state index in [-0.39, 0.29) is 5.65 Å². The van der Waals surface area contributed by atoms with Gasteiger partial charge in [0.05, 0.1) is 11.3 Å². The standard InChI is InChI=1S/C7H5ClIN3/c1-12-3-10-6-4(8)2-5(9)11-7(6)12/h2-3H,1H3/i1D3. The molecule has 0 aliphatic carbocycles. The van der Waals surface area contributed by atoms with E-state index < -0.39 is 6.98 Å². The molecule has 0 bridgehead atoms. The monoisotopic (exact) mass is 296 g/mol. The second-order valence-corrected chi connectivity index (χ2v) is 3.73. The summed E-state index contributed by atoms with van der Waals surface area (Å²) in [5.41, 5.74) is 0.695. The molecule has 5 heteroatoms. The summed E-state index contributed by atoms with van der Waals surface area (Å²) in [6, 6.07) is 1.64. The van der Waals surface area contributed by atoms with Crippen molar-refractivity contribution in [2.75, 3.05) is 0 Å². The van der Waals surface area contributed by atoms with E-state index in [0.717, 1.165) is 4.57 Å². The number of rotatable bonds is 0. The van der Waals surface area contributed by atoms with Gasteiger partial charge in [-0.1, -0.05) is 11.6 Å². The van der Waals surface area contributed by atoms with Gasteiger partial charge < -0.3 is 4.57 Å². The van der Waals surface area contributed by atoms with Gasteiger partial charge in [-0.05, 0) is 28.7 Å². The van der Waals surface area contributed by atoms with E-state index in [0.29, 0.717) is 14.2 Å². The van der Waals surface area contributed by atoms with Crippen LogP contribution in [-0.2, 0) is 6.98 Å². The summed E-state index contributed by atoms with van der Waals surface area (Å²) >= 11 is 7.90. The van der Waals surface area contributed by atoms with E-state index in [9.17, 15) is 0 Å². The molecule has 62 valence electrons. The summed E-state index contributed by atoms with van der Waals surface area (Å²) in [5, 5.41) is 0.410. The zero-order chi connectivity index (χ0) is 11.2. The van der Waals surface area contributed by atoms with E-state index in [1.807, 2.05) is 22.6 Å². The van der Waals surface area contributed by atoms with E-state index >= 15 is 0 Å². The number of fused-ring (bicyclic) bond motifs is 1. The Bertz CT molecular complexity index is 522. The molecule has 0 fully saturated rings. The molecule has 2 heterocycles.